The van der Waals surface area contributed by atoms with E-state index in [0.29, 0.717) is 13.0 Å². The van der Waals surface area contributed by atoms with E-state index < -0.39 is 0 Å². The highest BCUT2D eigenvalue weighted by Crippen LogP contribution is 2.04. The largest absolute Gasteiger partial charge is 0.502 e. The molecule has 0 N–H and O–H groups in total. The van der Waals surface area contributed by atoms with Gasteiger partial charge in [-0.1, -0.05) is 6.42 Å². The van der Waals surface area contributed by atoms with Gasteiger partial charge in [-0.25, -0.2) is 0 Å². The minimum Gasteiger partial charge on any atom is -0.502 e. The molecule has 0 saturated heterocycles. The molecule has 0 amide bonds. The molecular weight excluding hydrogens is 192 g/mol. The number of rotatable bonds is 9. The van der Waals surface area contributed by atoms with E-state index in [1.807, 2.05) is 19.9 Å². The summed E-state index contributed by atoms with van der Waals surface area (Å²) < 4.78 is 9.88. The second-order valence-electron chi connectivity index (χ2n) is 3.23. The fraction of sp³-hybridized carbons (Fsp3) is 0.750. The lowest BCUT2D eigenvalue weighted by atomic mass is 10.1. The fourth-order valence-corrected chi connectivity index (χ4v) is 1.17. The number of allylic oxidation sites excluding steroid dienone is 1. The zero-order chi connectivity index (χ0) is 11.4. The van der Waals surface area contributed by atoms with Crippen molar-refractivity contribution in [2.75, 3.05) is 13.2 Å². The first-order chi connectivity index (χ1) is 7.31. The quantitative estimate of drug-likeness (QED) is 0.336. The molecule has 15 heavy (non-hydrogen) atoms. The Balaban J connectivity index is 3.14. The number of hydrogen-bond donors (Lipinski definition) is 0. The van der Waals surface area contributed by atoms with Crippen molar-refractivity contribution >= 4 is 5.97 Å². The van der Waals surface area contributed by atoms with Gasteiger partial charge in [-0.05, 0) is 39.2 Å². The smallest absolute Gasteiger partial charge is 0.305 e. The topological polar surface area (TPSA) is 35.5 Å². The molecule has 0 atom stereocenters. The molecule has 3 heteroatoms. The van der Waals surface area contributed by atoms with E-state index in [9.17, 15) is 4.79 Å². The molecule has 0 spiro atoms. The van der Waals surface area contributed by atoms with Crippen LogP contribution in [-0.2, 0) is 14.3 Å². The Morgan fingerprint density at radius 2 is 1.93 bits per heavy atom. The third kappa shape index (κ3) is 10.9. The summed E-state index contributed by atoms with van der Waals surface area (Å²) in [6.07, 6.45) is 8.41. The van der Waals surface area contributed by atoms with Crippen LogP contribution >= 0.6 is 0 Å². The average molecular weight is 214 g/mol. The standard InChI is InChI=1S/C12H22O3/c1-3-14-11-9-7-5-6-8-10-12(13)15-4-2/h9,11H,3-8,10H2,1-2H3. The Bertz CT molecular complexity index is 176. The zero-order valence-corrected chi connectivity index (χ0v) is 9.83. The number of unbranched alkanes of at least 4 members (excludes halogenated alkanes) is 3. The molecule has 0 fully saturated rings. The summed E-state index contributed by atoms with van der Waals surface area (Å²) in [6.45, 7) is 5.00. The van der Waals surface area contributed by atoms with Gasteiger partial charge in [-0.3, -0.25) is 4.79 Å². The molecule has 0 aliphatic carbocycles. The average Bonchev–Trinajstić information content (AvgIpc) is 2.22. The van der Waals surface area contributed by atoms with Gasteiger partial charge in [0.25, 0.3) is 0 Å². The molecule has 0 heterocycles. The SMILES string of the molecule is CCOC=CCCCCCC(=O)OCC. The highest BCUT2D eigenvalue weighted by atomic mass is 16.5. The Morgan fingerprint density at radius 3 is 2.60 bits per heavy atom. The first kappa shape index (κ1) is 14.0. The van der Waals surface area contributed by atoms with Crippen LogP contribution in [0.5, 0.6) is 0 Å². The molecule has 0 radical (unpaired) electrons. The molecule has 88 valence electrons. The van der Waals surface area contributed by atoms with Crippen LogP contribution in [-0.4, -0.2) is 19.2 Å². The fourth-order valence-electron chi connectivity index (χ4n) is 1.17. The monoisotopic (exact) mass is 214 g/mol. The Hall–Kier alpha value is -0.990. The molecular formula is C12H22O3. The van der Waals surface area contributed by atoms with Crippen molar-refractivity contribution < 1.29 is 14.3 Å². The van der Waals surface area contributed by atoms with Crippen molar-refractivity contribution in [1.29, 1.82) is 0 Å². The second kappa shape index (κ2) is 11.1. The maximum atomic E-state index is 11.0. The van der Waals surface area contributed by atoms with Crippen molar-refractivity contribution in [3.05, 3.63) is 12.3 Å². The van der Waals surface area contributed by atoms with Gasteiger partial charge in [0, 0.05) is 6.42 Å². The van der Waals surface area contributed by atoms with E-state index in [1.54, 1.807) is 6.26 Å². The summed E-state index contributed by atoms with van der Waals surface area (Å²) in [4.78, 5) is 11.0. The number of carbonyl (C=O) groups excluding carboxylic acids is 1. The third-order valence-electron chi connectivity index (χ3n) is 1.92. The second-order valence-corrected chi connectivity index (χ2v) is 3.23. The van der Waals surface area contributed by atoms with Gasteiger partial charge in [-0.15, -0.1) is 0 Å². The van der Waals surface area contributed by atoms with E-state index in [2.05, 4.69) is 0 Å². The minimum absolute atomic E-state index is 0.0811. The number of carbonyl (C=O) groups is 1. The van der Waals surface area contributed by atoms with Gasteiger partial charge in [0.2, 0.25) is 0 Å². The van der Waals surface area contributed by atoms with Gasteiger partial charge in [0.05, 0.1) is 19.5 Å². The predicted octanol–water partition coefficient (Wildman–Crippen LogP) is 3.05. The molecule has 0 unspecified atom stereocenters. The van der Waals surface area contributed by atoms with E-state index in [1.165, 1.54) is 0 Å². The van der Waals surface area contributed by atoms with Crippen LogP contribution in [0.4, 0.5) is 0 Å². The molecule has 0 aromatic rings. The van der Waals surface area contributed by atoms with Crippen LogP contribution < -0.4 is 0 Å². The van der Waals surface area contributed by atoms with Crippen LogP contribution in [0, 0.1) is 0 Å². The van der Waals surface area contributed by atoms with Crippen LogP contribution in [0.25, 0.3) is 0 Å². The molecule has 0 saturated carbocycles. The molecule has 0 bridgehead atoms. The van der Waals surface area contributed by atoms with E-state index in [4.69, 9.17) is 9.47 Å². The van der Waals surface area contributed by atoms with Crippen molar-refractivity contribution in [3.63, 3.8) is 0 Å². The minimum atomic E-state index is -0.0811. The Morgan fingerprint density at radius 1 is 1.13 bits per heavy atom. The lowest BCUT2D eigenvalue weighted by Gasteiger charge is -2.00. The third-order valence-corrected chi connectivity index (χ3v) is 1.92. The number of ether oxygens (including phenoxy) is 2. The summed E-state index contributed by atoms with van der Waals surface area (Å²) in [5.41, 5.74) is 0. The summed E-state index contributed by atoms with van der Waals surface area (Å²) in [6, 6.07) is 0. The zero-order valence-electron chi connectivity index (χ0n) is 9.83. The Kier molecular flexibility index (Phi) is 10.4. The Labute approximate surface area is 92.5 Å². The highest BCUT2D eigenvalue weighted by Gasteiger charge is 1.99. The maximum absolute atomic E-state index is 11.0. The highest BCUT2D eigenvalue weighted by molar-refractivity contribution is 5.69. The first-order valence-corrected chi connectivity index (χ1v) is 5.73. The molecule has 3 nitrogen and oxygen atoms in total. The van der Waals surface area contributed by atoms with Crippen LogP contribution in [0.1, 0.15) is 46.0 Å². The van der Waals surface area contributed by atoms with Gasteiger partial charge < -0.3 is 9.47 Å². The van der Waals surface area contributed by atoms with E-state index in [-0.39, 0.29) is 5.97 Å². The summed E-state index contributed by atoms with van der Waals surface area (Å²) in [5, 5.41) is 0. The van der Waals surface area contributed by atoms with E-state index >= 15 is 0 Å². The molecule has 0 aliphatic rings. The van der Waals surface area contributed by atoms with Crippen molar-refractivity contribution in [2.45, 2.75) is 46.0 Å². The van der Waals surface area contributed by atoms with Crippen molar-refractivity contribution in [2.24, 2.45) is 0 Å². The number of hydrogen-bond acceptors (Lipinski definition) is 3. The van der Waals surface area contributed by atoms with Crippen LogP contribution in [0.3, 0.4) is 0 Å². The maximum Gasteiger partial charge on any atom is 0.305 e. The van der Waals surface area contributed by atoms with Crippen LogP contribution in [0.15, 0.2) is 12.3 Å². The van der Waals surface area contributed by atoms with Crippen molar-refractivity contribution in [3.8, 4) is 0 Å². The van der Waals surface area contributed by atoms with Crippen LogP contribution in [0.2, 0.25) is 0 Å². The van der Waals surface area contributed by atoms with Crippen molar-refractivity contribution in [1.82, 2.24) is 0 Å². The summed E-state index contributed by atoms with van der Waals surface area (Å²) in [5.74, 6) is -0.0811. The summed E-state index contributed by atoms with van der Waals surface area (Å²) in [7, 11) is 0. The van der Waals surface area contributed by atoms with Gasteiger partial charge >= 0.3 is 5.97 Å². The molecule has 0 aliphatic heterocycles. The first-order valence-electron chi connectivity index (χ1n) is 5.73. The van der Waals surface area contributed by atoms with Gasteiger partial charge in [0.1, 0.15) is 0 Å². The lowest BCUT2D eigenvalue weighted by Crippen LogP contribution is -2.02. The lowest BCUT2D eigenvalue weighted by molar-refractivity contribution is -0.143. The van der Waals surface area contributed by atoms with Gasteiger partial charge in [0.15, 0.2) is 0 Å². The number of esters is 1. The van der Waals surface area contributed by atoms with Gasteiger partial charge in [-0.2, -0.15) is 0 Å². The van der Waals surface area contributed by atoms with E-state index in [0.717, 1.165) is 32.3 Å². The normalized spacial score (nSPS) is 10.5. The molecule has 0 rings (SSSR count). The summed E-state index contributed by atoms with van der Waals surface area (Å²) >= 11 is 0. The molecule has 0 aromatic carbocycles. The predicted molar refractivity (Wildman–Crippen MR) is 60.5 cm³/mol. The molecule has 0 aromatic heterocycles.